The highest BCUT2D eigenvalue weighted by Crippen LogP contribution is 2.20. The molecule has 1 amide bonds. The minimum absolute atomic E-state index is 0.0220. The van der Waals surface area contributed by atoms with Gasteiger partial charge in [0.15, 0.2) is 0 Å². The molecular weight excluding hydrogens is 316 g/mol. The number of amides is 1. The lowest BCUT2D eigenvalue weighted by Crippen LogP contribution is -2.31. The summed E-state index contributed by atoms with van der Waals surface area (Å²) in [6.07, 6.45) is 1.75. The number of hydrogen-bond donors (Lipinski definition) is 0. The second kappa shape index (κ2) is 6.66. The van der Waals surface area contributed by atoms with Gasteiger partial charge in [0.25, 0.3) is 5.91 Å². The van der Waals surface area contributed by atoms with Gasteiger partial charge < -0.3 is 4.90 Å². The third-order valence-corrected chi connectivity index (χ3v) is 3.79. The fraction of sp³-hybridized carbons (Fsp3) is 0.250. The Balaban J connectivity index is 2.23. The van der Waals surface area contributed by atoms with Crippen LogP contribution in [0.15, 0.2) is 47.1 Å². The summed E-state index contributed by atoms with van der Waals surface area (Å²) in [6.45, 7) is 5.13. The topological polar surface area (TPSA) is 33.2 Å². The van der Waals surface area contributed by atoms with E-state index in [4.69, 9.17) is 0 Å². The third-order valence-electron chi connectivity index (χ3n) is 3.10. The van der Waals surface area contributed by atoms with E-state index in [-0.39, 0.29) is 5.91 Å². The van der Waals surface area contributed by atoms with Gasteiger partial charge in [-0.2, -0.15) is 0 Å². The van der Waals surface area contributed by atoms with Crippen molar-refractivity contribution in [3.8, 4) is 0 Å². The number of carbonyl (C=O) groups excluding carboxylic acids is 1. The predicted molar refractivity (Wildman–Crippen MR) is 83.5 cm³/mol. The molecule has 0 aliphatic carbocycles. The van der Waals surface area contributed by atoms with Gasteiger partial charge in [0.2, 0.25) is 0 Å². The molecule has 104 valence electrons. The number of carbonyl (C=O) groups is 1. The van der Waals surface area contributed by atoms with E-state index < -0.39 is 0 Å². The highest BCUT2D eigenvalue weighted by atomic mass is 79.9. The number of nitrogens with zero attached hydrogens (tertiary/aromatic N) is 2. The van der Waals surface area contributed by atoms with E-state index in [1.807, 2.05) is 50.2 Å². The number of pyridine rings is 1. The first-order chi connectivity index (χ1) is 9.61. The summed E-state index contributed by atoms with van der Waals surface area (Å²) in [5, 5.41) is 0. The van der Waals surface area contributed by atoms with Gasteiger partial charge in [-0.15, -0.1) is 0 Å². The van der Waals surface area contributed by atoms with Crippen molar-refractivity contribution in [3.05, 3.63) is 63.9 Å². The quantitative estimate of drug-likeness (QED) is 0.852. The van der Waals surface area contributed by atoms with E-state index in [0.717, 1.165) is 15.7 Å². The lowest BCUT2D eigenvalue weighted by Gasteiger charge is -2.21. The molecule has 0 unspecified atom stereocenters. The molecule has 2 rings (SSSR count). The maximum Gasteiger partial charge on any atom is 0.255 e. The first-order valence-electron chi connectivity index (χ1n) is 6.57. The third kappa shape index (κ3) is 3.45. The molecule has 3 nitrogen and oxygen atoms in total. The second-order valence-electron chi connectivity index (χ2n) is 4.62. The highest BCUT2D eigenvalue weighted by molar-refractivity contribution is 9.10. The summed E-state index contributed by atoms with van der Waals surface area (Å²) in [7, 11) is 0. The minimum atomic E-state index is 0.0220. The molecule has 0 bridgehead atoms. The lowest BCUT2D eigenvalue weighted by molar-refractivity contribution is 0.0749. The van der Waals surface area contributed by atoms with Crippen LogP contribution in [0.4, 0.5) is 0 Å². The fourth-order valence-electron chi connectivity index (χ4n) is 1.99. The van der Waals surface area contributed by atoms with Gasteiger partial charge in [-0.05, 0) is 54.0 Å². The van der Waals surface area contributed by atoms with Crippen molar-refractivity contribution in [1.82, 2.24) is 9.88 Å². The molecule has 0 spiro atoms. The van der Waals surface area contributed by atoms with E-state index in [2.05, 4.69) is 20.9 Å². The Morgan fingerprint density at radius 1 is 1.30 bits per heavy atom. The molecule has 0 saturated carbocycles. The Hall–Kier alpha value is -1.68. The Morgan fingerprint density at radius 3 is 2.75 bits per heavy atom. The van der Waals surface area contributed by atoms with Gasteiger partial charge in [0.05, 0.1) is 17.8 Å². The summed E-state index contributed by atoms with van der Waals surface area (Å²) in [5.74, 6) is 0.0220. The van der Waals surface area contributed by atoms with Crippen molar-refractivity contribution in [1.29, 1.82) is 0 Å². The van der Waals surface area contributed by atoms with Gasteiger partial charge in [0, 0.05) is 17.2 Å². The zero-order valence-electron chi connectivity index (χ0n) is 11.6. The van der Waals surface area contributed by atoms with E-state index >= 15 is 0 Å². The van der Waals surface area contributed by atoms with Crippen LogP contribution in [-0.4, -0.2) is 22.3 Å². The molecule has 2 aromatic rings. The van der Waals surface area contributed by atoms with Crippen LogP contribution in [-0.2, 0) is 6.54 Å². The molecule has 0 radical (unpaired) electrons. The smallest absolute Gasteiger partial charge is 0.255 e. The van der Waals surface area contributed by atoms with E-state index in [9.17, 15) is 4.79 Å². The van der Waals surface area contributed by atoms with Crippen LogP contribution in [0, 0.1) is 6.92 Å². The normalized spacial score (nSPS) is 10.3. The average molecular weight is 333 g/mol. The molecule has 4 heteroatoms. The van der Waals surface area contributed by atoms with Crippen LogP contribution in [0.3, 0.4) is 0 Å². The molecule has 0 fully saturated rings. The second-order valence-corrected chi connectivity index (χ2v) is 5.48. The van der Waals surface area contributed by atoms with Crippen LogP contribution < -0.4 is 0 Å². The molecule has 0 aliphatic heterocycles. The molecule has 0 saturated heterocycles. The number of hydrogen-bond acceptors (Lipinski definition) is 2. The van der Waals surface area contributed by atoms with E-state index in [1.165, 1.54) is 0 Å². The predicted octanol–water partition coefficient (Wildman–Crippen LogP) is 3.81. The van der Waals surface area contributed by atoms with Crippen LogP contribution in [0.2, 0.25) is 0 Å². The molecule has 1 heterocycles. The Kier molecular flexibility index (Phi) is 4.90. The van der Waals surface area contributed by atoms with Crippen LogP contribution in [0.1, 0.15) is 28.5 Å². The number of rotatable bonds is 4. The maximum atomic E-state index is 12.6. The summed E-state index contributed by atoms with van der Waals surface area (Å²) < 4.78 is 0.826. The standard InChI is InChI=1S/C16H17BrN2O/c1-3-19(11-13-6-4-5-9-18-13)16(20)14-10-12(2)7-8-15(14)17/h4-10H,3,11H2,1-2H3. The van der Waals surface area contributed by atoms with Crippen molar-refractivity contribution >= 4 is 21.8 Å². The number of benzene rings is 1. The molecule has 1 aromatic heterocycles. The highest BCUT2D eigenvalue weighted by Gasteiger charge is 2.17. The van der Waals surface area contributed by atoms with Crippen LogP contribution in [0.5, 0.6) is 0 Å². The molecular formula is C16H17BrN2O. The largest absolute Gasteiger partial charge is 0.333 e. The first kappa shape index (κ1) is 14.7. The monoisotopic (exact) mass is 332 g/mol. The molecule has 1 aromatic carbocycles. The van der Waals surface area contributed by atoms with Crippen molar-refractivity contribution in [2.45, 2.75) is 20.4 Å². The van der Waals surface area contributed by atoms with E-state index in [0.29, 0.717) is 18.7 Å². The van der Waals surface area contributed by atoms with Crippen molar-refractivity contribution < 1.29 is 4.79 Å². The van der Waals surface area contributed by atoms with Crippen LogP contribution >= 0.6 is 15.9 Å². The van der Waals surface area contributed by atoms with Crippen molar-refractivity contribution in [2.75, 3.05) is 6.54 Å². The minimum Gasteiger partial charge on any atom is -0.333 e. The SMILES string of the molecule is CCN(Cc1ccccn1)C(=O)c1cc(C)ccc1Br. The molecule has 20 heavy (non-hydrogen) atoms. The van der Waals surface area contributed by atoms with Gasteiger partial charge in [-0.1, -0.05) is 17.7 Å². The molecule has 0 N–H and O–H groups in total. The zero-order valence-corrected chi connectivity index (χ0v) is 13.2. The summed E-state index contributed by atoms with van der Waals surface area (Å²) in [6, 6.07) is 11.5. The number of aromatic nitrogens is 1. The number of aryl methyl sites for hydroxylation is 1. The Bertz CT molecular complexity index is 599. The van der Waals surface area contributed by atoms with E-state index in [1.54, 1.807) is 11.1 Å². The maximum absolute atomic E-state index is 12.6. The Morgan fingerprint density at radius 2 is 2.10 bits per heavy atom. The van der Waals surface area contributed by atoms with Gasteiger partial charge in [-0.3, -0.25) is 9.78 Å². The summed E-state index contributed by atoms with van der Waals surface area (Å²) >= 11 is 3.45. The Labute approximate surface area is 127 Å². The van der Waals surface area contributed by atoms with Gasteiger partial charge >= 0.3 is 0 Å². The van der Waals surface area contributed by atoms with Crippen LogP contribution in [0.25, 0.3) is 0 Å². The average Bonchev–Trinajstić information content (AvgIpc) is 2.47. The lowest BCUT2D eigenvalue weighted by atomic mass is 10.1. The molecule has 0 atom stereocenters. The zero-order chi connectivity index (χ0) is 14.5. The van der Waals surface area contributed by atoms with Crippen molar-refractivity contribution in [2.24, 2.45) is 0 Å². The van der Waals surface area contributed by atoms with Crippen molar-refractivity contribution in [3.63, 3.8) is 0 Å². The van der Waals surface area contributed by atoms with Gasteiger partial charge in [-0.25, -0.2) is 0 Å². The summed E-state index contributed by atoms with van der Waals surface area (Å²) in [5.41, 5.74) is 2.67. The summed E-state index contributed by atoms with van der Waals surface area (Å²) in [4.78, 5) is 18.7. The number of halogens is 1. The van der Waals surface area contributed by atoms with Gasteiger partial charge in [0.1, 0.15) is 0 Å². The fourth-order valence-corrected chi connectivity index (χ4v) is 2.40. The molecule has 0 aliphatic rings. The first-order valence-corrected chi connectivity index (χ1v) is 7.36.